The van der Waals surface area contributed by atoms with Crippen molar-refractivity contribution in [1.29, 1.82) is 5.26 Å². The molecule has 0 saturated heterocycles. The van der Waals surface area contributed by atoms with Crippen LogP contribution in [0.15, 0.2) is 30.3 Å². The summed E-state index contributed by atoms with van der Waals surface area (Å²) in [5.41, 5.74) is 0.976. The van der Waals surface area contributed by atoms with Crippen molar-refractivity contribution < 1.29 is 9.53 Å². The van der Waals surface area contributed by atoms with Crippen molar-refractivity contribution in [3.05, 3.63) is 35.9 Å². The van der Waals surface area contributed by atoms with Crippen molar-refractivity contribution in [3.8, 4) is 6.07 Å². The minimum Gasteiger partial charge on any atom is -0.461 e. The summed E-state index contributed by atoms with van der Waals surface area (Å²) in [6.07, 6.45) is 0.867. The summed E-state index contributed by atoms with van der Waals surface area (Å²) in [7, 11) is 0. The van der Waals surface area contributed by atoms with E-state index in [0.29, 0.717) is 19.4 Å². The molecule has 0 spiro atoms. The number of hydrogen-bond acceptors (Lipinski definition) is 3. The molecule has 1 unspecified atom stereocenters. The normalized spacial score (nSPS) is 11.5. The van der Waals surface area contributed by atoms with E-state index in [1.165, 1.54) is 0 Å². The fraction of sp³-hybridized carbons (Fsp3) is 0.385. The molecule has 0 aromatic heterocycles. The molecule has 0 fully saturated rings. The summed E-state index contributed by atoms with van der Waals surface area (Å²) in [4.78, 5) is 11.3. The molecule has 1 rings (SSSR count). The molecule has 16 heavy (non-hydrogen) atoms. The van der Waals surface area contributed by atoms with Crippen LogP contribution in [-0.2, 0) is 16.1 Å². The number of nitriles is 1. The third-order valence-corrected chi connectivity index (χ3v) is 2.24. The Kier molecular flexibility index (Phi) is 5.07. The predicted molar refractivity (Wildman–Crippen MR) is 60.2 cm³/mol. The predicted octanol–water partition coefficient (Wildman–Crippen LogP) is 2.67. The second-order valence-electron chi connectivity index (χ2n) is 3.72. The molecule has 0 amide bonds. The largest absolute Gasteiger partial charge is 0.461 e. The van der Waals surface area contributed by atoms with Crippen LogP contribution in [0.3, 0.4) is 0 Å². The molecule has 1 aromatic carbocycles. The monoisotopic (exact) mass is 217 g/mol. The SMILES string of the molecule is CC(C#N)CCC(=O)OCc1ccccc1. The number of carbonyl (C=O) groups excluding carboxylic acids is 1. The molecule has 3 nitrogen and oxygen atoms in total. The standard InChI is InChI=1S/C13H15NO2/c1-11(9-14)7-8-13(15)16-10-12-5-3-2-4-6-12/h2-6,11H,7-8,10H2,1H3. The summed E-state index contributed by atoms with van der Waals surface area (Å²) in [6, 6.07) is 11.6. The Hall–Kier alpha value is -1.82. The Morgan fingerprint density at radius 2 is 2.12 bits per heavy atom. The maximum atomic E-state index is 11.3. The molecule has 1 atom stereocenters. The topological polar surface area (TPSA) is 50.1 Å². The highest BCUT2D eigenvalue weighted by atomic mass is 16.5. The lowest BCUT2D eigenvalue weighted by atomic mass is 10.1. The average molecular weight is 217 g/mol. The molecule has 0 N–H and O–H groups in total. The highest BCUT2D eigenvalue weighted by molar-refractivity contribution is 5.69. The average Bonchev–Trinajstić information content (AvgIpc) is 2.34. The second-order valence-corrected chi connectivity index (χ2v) is 3.72. The van der Waals surface area contributed by atoms with Crippen LogP contribution < -0.4 is 0 Å². The summed E-state index contributed by atoms with van der Waals surface area (Å²) in [6.45, 7) is 2.10. The van der Waals surface area contributed by atoms with Crippen LogP contribution in [0.4, 0.5) is 0 Å². The van der Waals surface area contributed by atoms with Crippen LogP contribution in [0.2, 0.25) is 0 Å². The fourth-order valence-corrected chi connectivity index (χ4v) is 1.21. The number of esters is 1. The van der Waals surface area contributed by atoms with Gasteiger partial charge in [0.25, 0.3) is 0 Å². The number of nitrogens with zero attached hydrogens (tertiary/aromatic N) is 1. The Labute approximate surface area is 95.7 Å². The molecule has 0 aliphatic rings. The molecule has 0 bridgehead atoms. The van der Waals surface area contributed by atoms with E-state index in [1.807, 2.05) is 30.3 Å². The van der Waals surface area contributed by atoms with Gasteiger partial charge in [0.2, 0.25) is 0 Å². The molecule has 0 heterocycles. The zero-order valence-electron chi connectivity index (χ0n) is 9.35. The molecule has 0 radical (unpaired) electrons. The maximum absolute atomic E-state index is 11.3. The van der Waals surface area contributed by atoms with Crippen molar-refractivity contribution in [2.24, 2.45) is 5.92 Å². The fourth-order valence-electron chi connectivity index (χ4n) is 1.21. The van der Waals surface area contributed by atoms with E-state index in [4.69, 9.17) is 10.00 Å². The van der Waals surface area contributed by atoms with Gasteiger partial charge in [0, 0.05) is 12.3 Å². The zero-order chi connectivity index (χ0) is 11.8. The Morgan fingerprint density at radius 1 is 1.44 bits per heavy atom. The maximum Gasteiger partial charge on any atom is 0.306 e. The molecule has 0 aliphatic carbocycles. The highest BCUT2D eigenvalue weighted by Gasteiger charge is 2.06. The first-order valence-electron chi connectivity index (χ1n) is 5.31. The van der Waals surface area contributed by atoms with E-state index in [2.05, 4.69) is 6.07 Å². The quantitative estimate of drug-likeness (QED) is 0.712. The second kappa shape index (κ2) is 6.62. The van der Waals surface area contributed by atoms with Gasteiger partial charge in [-0.1, -0.05) is 30.3 Å². The summed E-state index contributed by atoms with van der Waals surface area (Å²) in [5.74, 6) is -0.338. The van der Waals surface area contributed by atoms with Gasteiger partial charge in [-0.05, 0) is 18.9 Å². The van der Waals surface area contributed by atoms with Crippen molar-refractivity contribution in [1.82, 2.24) is 0 Å². The molecular weight excluding hydrogens is 202 g/mol. The molecule has 0 aliphatic heterocycles. The van der Waals surface area contributed by atoms with Crippen molar-refractivity contribution >= 4 is 5.97 Å². The van der Waals surface area contributed by atoms with Crippen LogP contribution in [-0.4, -0.2) is 5.97 Å². The van der Waals surface area contributed by atoms with Gasteiger partial charge in [-0.15, -0.1) is 0 Å². The van der Waals surface area contributed by atoms with Gasteiger partial charge in [0.1, 0.15) is 6.61 Å². The molecule has 84 valence electrons. The van der Waals surface area contributed by atoms with E-state index < -0.39 is 0 Å². The number of ether oxygens (including phenoxy) is 1. The van der Waals surface area contributed by atoms with Gasteiger partial charge < -0.3 is 4.74 Å². The lowest BCUT2D eigenvalue weighted by Crippen LogP contribution is -2.06. The van der Waals surface area contributed by atoms with Crippen LogP contribution in [0.5, 0.6) is 0 Å². The minimum atomic E-state index is -0.244. The summed E-state index contributed by atoms with van der Waals surface area (Å²) < 4.78 is 5.07. The van der Waals surface area contributed by atoms with Gasteiger partial charge in [0.05, 0.1) is 6.07 Å². The third-order valence-electron chi connectivity index (χ3n) is 2.24. The van der Waals surface area contributed by atoms with Gasteiger partial charge in [-0.3, -0.25) is 4.79 Å². The Morgan fingerprint density at radius 3 is 2.75 bits per heavy atom. The van der Waals surface area contributed by atoms with Crippen LogP contribution in [0.25, 0.3) is 0 Å². The number of hydrogen-bond donors (Lipinski definition) is 0. The Bertz CT molecular complexity index is 367. The molecule has 3 heteroatoms. The third kappa shape index (κ3) is 4.61. The van der Waals surface area contributed by atoms with Crippen LogP contribution in [0, 0.1) is 17.2 Å². The smallest absolute Gasteiger partial charge is 0.306 e. The first kappa shape index (κ1) is 12.3. The first-order chi connectivity index (χ1) is 7.72. The van der Waals surface area contributed by atoms with Crippen molar-refractivity contribution in [3.63, 3.8) is 0 Å². The van der Waals surface area contributed by atoms with E-state index in [0.717, 1.165) is 5.56 Å². The van der Waals surface area contributed by atoms with Crippen LogP contribution >= 0.6 is 0 Å². The van der Waals surface area contributed by atoms with Crippen molar-refractivity contribution in [2.45, 2.75) is 26.4 Å². The highest BCUT2D eigenvalue weighted by Crippen LogP contribution is 2.06. The van der Waals surface area contributed by atoms with E-state index in [9.17, 15) is 4.79 Å². The molecule has 0 saturated carbocycles. The Balaban J connectivity index is 2.24. The van der Waals surface area contributed by atoms with Gasteiger partial charge in [-0.25, -0.2) is 0 Å². The number of rotatable bonds is 5. The number of benzene rings is 1. The van der Waals surface area contributed by atoms with Crippen molar-refractivity contribution in [2.75, 3.05) is 0 Å². The van der Waals surface area contributed by atoms with E-state index >= 15 is 0 Å². The summed E-state index contributed by atoms with van der Waals surface area (Å²) >= 11 is 0. The molecule has 1 aromatic rings. The van der Waals surface area contributed by atoms with Crippen LogP contribution in [0.1, 0.15) is 25.3 Å². The zero-order valence-corrected chi connectivity index (χ0v) is 9.35. The minimum absolute atomic E-state index is 0.0933. The molecular formula is C13H15NO2. The van der Waals surface area contributed by atoms with Gasteiger partial charge in [-0.2, -0.15) is 5.26 Å². The number of carbonyl (C=O) groups is 1. The summed E-state index contributed by atoms with van der Waals surface area (Å²) in [5, 5.41) is 8.55. The van der Waals surface area contributed by atoms with E-state index in [-0.39, 0.29) is 11.9 Å². The lowest BCUT2D eigenvalue weighted by Gasteiger charge is -2.05. The lowest BCUT2D eigenvalue weighted by molar-refractivity contribution is -0.145. The first-order valence-corrected chi connectivity index (χ1v) is 5.31. The van der Waals surface area contributed by atoms with Gasteiger partial charge in [0.15, 0.2) is 0 Å². The van der Waals surface area contributed by atoms with E-state index in [1.54, 1.807) is 6.92 Å². The van der Waals surface area contributed by atoms with Gasteiger partial charge >= 0.3 is 5.97 Å².